The Morgan fingerprint density at radius 1 is 1.13 bits per heavy atom. The molecule has 4 rings (SSSR count). The highest BCUT2D eigenvalue weighted by Gasteiger charge is 2.40. The number of ketones is 1. The molecule has 0 fully saturated rings. The summed E-state index contributed by atoms with van der Waals surface area (Å²) in [5, 5.41) is 8.64. The molecule has 0 bridgehead atoms. The predicted octanol–water partition coefficient (Wildman–Crippen LogP) is 3.43. The third-order valence-corrected chi connectivity index (χ3v) is 5.20. The highest BCUT2D eigenvalue weighted by molar-refractivity contribution is 6.48. The van der Waals surface area contributed by atoms with Gasteiger partial charge >= 0.3 is 0 Å². The van der Waals surface area contributed by atoms with E-state index in [4.69, 9.17) is 4.74 Å². The van der Waals surface area contributed by atoms with Gasteiger partial charge in [-0.15, -0.1) is 0 Å². The molecule has 0 radical (unpaired) electrons. The molecule has 7 nitrogen and oxygen atoms in total. The minimum absolute atomic E-state index is 0.224. The Bertz CT molecular complexity index is 1130. The second-order valence-electron chi connectivity index (χ2n) is 7.77. The topological polar surface area (TPSA) is 85.6 Å². The molecule has 0 unspecified atom stereocenters. The Morgan fingerprint density at radius 2 is 1.83 bits per heavy atom. The summed E-state index contributed by atoms with van der Waals surface area (Å²) in [4.78, 5) is 25.6. The molecule has 1 N–H and O–H groups in total. The molecular formula is C23H22N4O3. The normalized spacial score (nSPS) is 16.2. The van der Waals surface area contributed by atoms with E-state index in [2.05, 4.69) is 15.6 Å². The maximum atomic E-state index is 13.2. The van der Waals surface area contributed by atoms with Crippen molar-refractivity contribution in [1.29, 1.82) is 0 Å². The Hall–Kier alpha value is -3.74. The van der Waals surface area contributed by atoms with Crippen molar-refractivity contribution in [3.05, 3.63) is 77.6 Å². The van der Waals surface area contributed by atoms with E-state index in [-0.39, 0.29) is 11.7 Å². The molecule has 0 atom stereocenters. The fourth-order valence-corrected chi connectivity index (χ4v) is 3.58. The van der Waals surface area contributed by atoms with Crippen molar-refractivity contribution in [2.45, 2.75) is 20.3 Å². The van der Waals surface area contributed by atoms with Crippen LogP contribution in [0, 0.1) is 5.41 Å². The van der Waals surface area contributed by atoms with E-state index in [0.717, 1.165) is 11.4 Å². The van der Waals surface area contributed by atoms with Gasteiger partial charge in [0.25, 0.3) is 5.91 Å². The molecule has 0 aliphatic heterocycles. The monoisotopic (exact) mass is 402 g/mol. The molecule has 1 aliphatic rings. The number of hydrogen-bond donors (Lipinski definition) is 1. The van der Waals surface area contributed by atoms with E-state index in [0.29, 0.717) is 29.0 Å². The van der Waals surface area contributed by atoms with Crippen LogP contribution in [0.4, 0.5) is 0 Å². The van der Waals surface area contributed by atoms with Crippen LogP contribution in [0.1, 0.15) is 40.3 Å². The van der Waals surface area contributed by atoms with Gasteiger partial charge in [-0.3, -0.25) is 9.59 Å². The lowest BCUT2D eigenvalue weighted by Crippen LogP contribution is -2.40. The van der Waals surface area contributed by atoms with Crippen molar-refractivity contribution in [3.63, 3.8) is 0 Å². The highest BCUT2D eigenvalue weighted by Crippen LogP contribution is 2.34. The number of aromatic nitrogens is 2. The third kappa shape index (κ3) is 3.50. The predicted molar refractivity (Wildman–Crippen MR) is 113 cm³/mol. The number of hydrogen-bond acceptors (Lipinski definition) is 5. The van der Waals surface area contributed by atoms with E-state index in [1.807, 2.05) is 44.2 Å². The summed E-state index contributed by atoms with van der Waals surface area (Å²) in [6.45, 7) is 3.88. The summed E-state index contributed by atoms with van der Waals surface area (Å²) in [6.07, 6.45) is 2.14. The molecule has 0 saturated heterocycles. The van der Waals surface area contributed by atoms with Crippen LogP contribution >= 0.6 is 0 Å². The van der Waals surface area contributed by atoms with Gasteiger partial charge < -0.3 is 4.74 Å². The fourth-order valence-electron chi connectivity index (χ4n) is 3.58. The first kappa shape index (κ1) is 19.6. The lowest BCUT2D eigenvalue weighted by molar-refractivity contribution is 0.0954. The van der Waals surface area contributed by atoms with Crippen LogP contribution in [0.15, 0.2) is 65.9 Å². The zero-order valence-corrected chi connectivity index (χ0v) is 17.0. The number of benzene rings is 2. The van der Waals surface area contributed by atoms with Gasteiger partial charge in [0.15, 0.2) is 0 Å². The number of para-hydroxylation sites is 1. The quantitative estimate of drug-likeness (QED) is 0.678. The number of nitrogens with one attached hydrogen (secondary N) is 1. The van der Waals surface area contributed by atoms with Crippen molar-refractivity contribution in [2.75, 3.05) is 7.11 Å². The number of hydrazone groups is 1. The molecule has 1 aromatic heterocycles. The number of rotatable bonds is 4. The number of nitrogens with zero attached hydrogens (tertiary/aromatic N) is 3. The molecule has 1 heterocycles. The van der Waals surface area contributed by atoms with Crippen molar-refractivity contribution >= 4 is 17.4 Å². The van der Waals surface area contributed by atoms with Crippen molar-refractivity contribution in [2.24, 2.45) is 10.5 Å². The fraction of sp³-hybridized carbons (Fsp3) is 0.217. The van der Waals surface area contributed by atoms with Gasteiger partial charge in [0, 0.05) is 17.4 Å². The lowest BCUT2D eigenvalue weighted by Gasteiger charge is -2.30. The minimum atomic E-state index is -0.566. The Labute approximate surface area is 174 Å². The summed E-state index contributed by atoms with van der Waals surface area (Å²) in [5.41, 5.74) is 4.95. The molecule has 7 heteroatoms. The molecule has 3 aromatic rings. The van der Waals surface area contributed by atoms with Gasteiger partial charge in [0.05, 0.1) is 30.3 Å². The molecule has 2 aromatic carbocycles. The SMILES string of the molecule is COc1ccc(C(=O)N/N=C2/C(=O)c3cnn(-c4ccccc4)c3CC2(C)C)cc1. The molecule has 1 amide bonds. The first-order valence-electron chi connectivity index (χ1n) is 9.60. The average Bonchev–Trinajstić information content (AvgIpc) is 3.17. The third-order valence-electron chi connectivity index (χ3n) is 5.20. The number of methoxy groups -OCH3 is 1. The maximum Gasteiger partial charge on any atom is 0.271 e. The summed E-state index contributed by atoms with van der Waals surface area (Å²) in [6, 6.07) is 16.4. The number of fused-ring (bicyclic) bond motifs is 1. The summed E-state index contributed by atoms with van der Waals surface area (Å²) in [5.74, 6) is 0.0439. The van der Waals surface area contributed by atoms with Gasteiger partial charge in [-0.2, -0.15) is 10.2 Å². The highest BCUT2D eigenvalue weighted by atomic mass is 16.5. The molecule has 1 aliphatic carbocycles. The Kier molecular flexibility index (Phi) is 4.95. The number of carbonyl (C=O) groups is 2. The van der Waals surface area contributed by atoms with Crippen molar-refractivity contribution in [3.8, 4) is 11.4 Å². The minimum Gasteiger partial charge on any atom is -0.497 e. The van der Waals surface area contributed by atoms with Gasteiger partial charge in [0.2, 0.25) is 5.78 Å². The van der Waals surface area contributed by atoms with E-state index >= 15 is 0 Å². The van der Waals surface area contributed by atoms with Crippen molar-refractivity contribution in [1.82, 2.24) is 15.2 Å². The summed E-state index contributed by atoms with van der Waals surface area (Å²) >= 11 is 0. The maximum absolute atomic E-state index is 13.2. The summed E-state index contributed by atoms with van der Waals surface area (Å²) < 4.78 is 6.89. The van der Waals surface area contributed by atoms with Crippen LogP contribution in [-0.2, 0) is 6.42 Å². The molecule has 152 valence electrons. The smallest absolute Gasteiger partial charge is 0.271 e. The van der Waals surface area contributed by atoms with Crippen LogP contribution < -0.4 is 10.2 Å². The van der Waals surface area contributed by atoms with Gasteiger partial charge in [0.1, 0.15) is 11.5 Å². The molecule has 0 spiro atoms. The second-order valence-corrected chi connectivity index (χ2v) is 7.77. The number of Topliss-reactive ketones (excluding diaryl/α,β-unsaturated/α-hetero) is 1. The van der Waals surface area contributed by atoms with Crippen LogP contribution in [-0.4, -0.2) is 34.3 Å². The van der Waals surface area contributed by atoms with E-state index in [1.165, 1.54) is 0 Å². The van der Waals surface area contributed by atoms with Crippen LogP contribution in [0.3, 0.4) is 0 Å². The zero-order valence-electron chi connectivity index (χ0n) is 17.0. The first-order chi connectivity index (χ1) is 14.4. The largest absolute Gasteiger partial charge is 0.497 e. The second kappa shape index (κ2) is 7.59. The van der Waals surface area contributed by atoms with E-state index < -0.39 is 5.41 Å². The van der Waals surface area contributed by atoms with E-state index in [1.54, 1.807) is 42.3 Å². The first-order valence-corrected chi connectivity index (χ1v) is 9.60. The van der Waals surface area contributed by atoms with Crippen LogP contribution in [0.5, 0.6) is 5.75 Å². The number of ether oxygens (including phenoxy) is 1. The lowest BCUT2D eigenvalue weighted by atomic mass is 9.74. The molecule has 30 heavy (non-hydrogen) atoms. The van der Waals surface area contributed by atoms with E-state index in [9.17, 15) is 9.59 Å². The summed E-state index contributed by atoms with van der Waals surface area (Å²) in [7, 11) is 1.56. The van der Waals surface area contributed by atoms with Crippen LogP contribution in [0.25, 0.3) is 5.69 Å². The average molecular weight is 402 g/mol. The van der Waals surface area contributed by atoms with Crippen LogP contribution in [0.2, 0.25) is 0 Å². The Morgan fingerprint density at radius 3 is 2.50 bits per heavy atom. The number of amides is 1. The Balaban J connectivity index is 1.61. The zero-order chi connectivity index (χ0) is 21.3. The van der Waals surface area contributed by atoms with Gasteiger partial charge in [-0.1, -0.05) is 32.0 Å². The standard InChI is InChI=1S/C23H22N4O3/c1-23(2)13-19-18(14-24-27(19)16-7-5-4-6-8-16)20(28)21(23)25-26-22(29)15-9-11-17(30-3)12-10-15/h4-12,14H,13H2,1-3H3,(H,26,29)/b25-21-. The van der Waals surface area contributed by atoms with Gasteiger partial charge in [-0.05, 0) is 36.4 Å². The van der Waals surface area contributed by atoms with Crippen molar-refractivity contribution < 1.29 is 14.3 Å². The molecule has 0 saturated carbocycles. The molecular weight excluding hydrogens is 380 g/mol. The number of carbonyl (C=O) groups excluding carboxylic acids is 2. The van der Waals surface area contributed by atoms with Gasteiger partial charge in [-0.25, -0.2) is 10.1 Å².